The minimum absolute atomic E-state index is 0.153. The summed E-state index contributed by atoms with van der Waals surface area (Å²) in [6.07, 6.45) is 1.42. The third-order valence-corrected chi connectivity index (χ3v) is 3.26. The highest BCUT2D eigenvalue weighted by molar-refractivity contribution is 5.94. The summed E-state index contributed by atoms with van der Waals surface area (Å²) in [6, 6.07) is 8.35. The zero-order valence-corrected chi connectivity index (χ0v) is 11.9. The van der Waals surface area contributed by atoms with Crippen molar-refractivity contribution in [1.82, 2.24) is 10.3 Å². The first-order valence-corrected chi connectivity index (χ1v) is 6.51. The number of carbonyl (C=O) groups excluding carboxylic acids is 1. The van der Waals surface area contributed by atoms with Crippen LogP contribution in [0.3, 0.4) is 0 Å². The minimum Gasteiger partial charge on any atom is -0.478 e. The lowest BCUT2D eigenvalue weighted by Crippen LogP contribution is -2.23. The number of aryl methyl sites for hydroxylation is 2. The number of hydrogen-bond donors (Lipinski definition) is 2. The van der Waals surface area contributed by atoms with Crippen LogP contribution in [0, 0.1) is 13.8 Å². The normalized spacial score (nSPS) is 10.2. The van der Waals surface area contributed by atoms with Crippen molar-refractivity contribution < 1.29 is 14.7 Å². The van der Waals surface area contributed by atoms with Crippen LogP contribution in [0.4, 0.5) is 0 Å². The van der Waals surface area contributed by atoms with Gasteiger partial charge in [0.25, 0.3) is 5.91 Å². The summed E-state index contributed by atoms with van der Waals surface area (Å²) in [5.41, 5.74) is 3.41. The third-order valence-electron chi connectivity index (χ3n) is 3.26. The van der Waals surface area contributed by atoms with E-state index in [0.29, 0.717) is 11.3 Å². The lowest BCUT2D eigenvalue weighted by Gasteiger charge is -2.07. The molecule has 1 amide bonds. The zero-order valence-electron chi connectivity index (χ0n) is 11.9. The Labute approximate surface area is 122 Å². The van der Waals surface area contributed by atoms with E-state index in [-0.39, 0.29) is 18.0 Å². The molecule has 5 nitrogen and oxygen atoms in total. The number of nitrogens with zero attached hydrogens (tertiary/aromatic N) is 1. The van der Waals surface area contributed by atoms with Crippen LogP contribution < -0.4 is 5.32 Å². The first kappa shape index (κ1) is 14.7. The van der Waals surface area contributed by atoms with Crippen molar-refractivity contribution in [3.63, 3.8) is 0 Å². The van der Waals surface area contributed by atoms with E-state index in [0.717, 1.165) is 11.1 Å². The molecular formula is C16H16N2O3. The maximum Gasteiger partial charge on any atom is 0.335 e. The van der Waals surface area contributed by atoms with Crippen molar-refractivity contribution in [2.24, 2.45) is 0 Å². The van der Waals surface area contributed by atoms with Gasteiger partial charge < -0.3 is 10.4 Å². The quantitative estimate of drug-likeness (QED) is 0.903. The van der Waals surface area contributed by atoms with Gasteiger partial charge >= 0.3 is 5.97 Å². The fraction of sp³-hybridized carbons (Fsp3) is 0.188. The molecule has 2 aromatic rings. The summed E-state index contributed by atoms with van der Waals surface area (Å²) in [4.78, 5) is 27.0. The molecule has 2 rings (SSSR count). The predicted octanol–water partition coefficient (Wildman–Crippen LogP) is 2.33. The topological polar surface area (TPSA) is 79.3 Å². The summed E-state index contributed by atoms with van der Waals surface area (Å²) >= 11 is 0. The number of pyridine rings is 1. The molecule has 0 unspecified atom stereocenters. The maximum absolute atomic E-state index is 12.0. The number of aromatic carboxylic acids is 1. The molecule has 1 aromatic heterocycles. The van der Waals surface area contributed by atoms with E-state index in [2.05, 4.69) is 10.3 Å². The predicted molar refractivity (Wildman–Crippen MR) is 78.3 cm³/mol. The Bertz CT molecular complexity index is 696. The molecule has 1 aromatic carbocycles. The fourth-order valence-corrected chi connectivity index (χ4v) is 1.86. The first-order chi connectivity index (χ1) is 9.97. The van der Waals surface area contributed by atoms with Gasteiger partial charge in [-0.25, -0.2) is 4.79 Å². The molecule has 1 heterocycles. The fourth-order valence-electron chi connectivity index (χ4n) is 1.86. The number of amides is 1. The number of carboxylic acids is 1. The molecule has 21 heavy (non-hydrogen) atoms. The second-order valence-corrected chi connectivity index (χ2v) is 4.82. The standard InChI is InChI=1S/C16H16N2O3/c1-10-3-4-12(7-11(10)2)15(19)18-9-14-8-13(16(20)21)5-6-17-14/h3-8H,9H2,1-2H3,(H,18,19)(H,20,21). The first-order valence-electron chi connectivity index (χ1n) is 6.51. The van der Waals surface area contributed by atoms with Crippen LogP contribution >= 0.6 is 0 Å². The lowest BCUT2D eigenvalue weighted by molar-refractivity contribution is 0.0696. The molecule has 0 spiro atoms. The SMILES string of the molecule is Cc1ccc(C(=O)NCc2cc(C(=O)O)ccn2)cc1C. The van der Waals surface area contributed by atoms with Gasteiger partial charge in [0.15, 0.2) is 0 Å². The minimum atomic E-state index is -1.01. The molecule has 0 radical (unpaired) electrons. The van der Waals surface area contributed by atoms with Gasteiger partial charge in [-0.2, -0.15) is 0 Å². The van der Waals surface area contributed by atoms with Crippen LogP contribution in [-0.2, 0) is 6.54 Å². The van der Waals surface area contributed by atoms with E-state index in [1.807, 2.05) is 26.0 Å². The summed E-state index contributed by atoms with van der Waals surface area (Å²) in [5, 5.41) is 11.6. The Morgan fingerprint density at radius 2 is 1.86 bits per heavy atom. The molecule has 0 aliphatic heterocycles. The van der Waals surface area contributed by atoms with Gasteiger partial charge in [-0.05, 0) is 49.2 Å². The van der Waals surface area contributed by atoms with E-state index in [4.69, 9.17) is 5.11 Å². The Hall–Kier alpha value is -2.69. The van der Waals surface area contributed by atoms with Crippen molar-refractivity contribution in [2.75, 3.05) is 0 Å². The van der Waals surface area contributed by atoms with E-state index >= 15 is 0 Å². The van der Waals surface area contributed by atoms with E-state index in [1.165, 1.54) is 18.3 Å². The molecule has 0 saturated heterocycles. The van der Waals surface area contributed by atoms with Gasteiger partial charge in [-0.3, -0.25) is 9.78 Å². The second kappa shape index (κ2) is 6.17. The van der Waals surface area contributed by atoms with E-state index in [1.54, 1.807) is 6.07 Å². The Morgan fingerprint density at radius 3 is 2.52 bits per heavy atom. The average Bonchev–Trinajstić information content (AvgIpc) is 2.48. The Morgan fingerprint density at radius 1 is 1.10 bits per heavy atom. The number of carboxylic acid groups (broad SMARTS) is 1. The highest BCUT2D eigenvalue weighted by Crippen LogP contribution is 2.10. The number of carbonyl (C=O) groups is 2. The average molecular weight is 284 g/mol. The monoisotopic (exact) mass is 284 g/mol. The molecule has 108 valence electrons. The lowest BCUT2D eigenvalue weighted by atomic mass is 10.1. The van der Waals surface area contributed by atoms with Crippen LogP contribution in [0.1, 0.15) is 37.5 Å². The molecule has 0 fully saturated rings. The van der Waals surface area contributed by atoms with Crippen molar-refractivity contribution in [2.45, 2.75) is 20.4 Å². The molecule has 5 heteroatoms. The Kier molecular flexibility index (Phi) is 4.33. The van der Waals surface area contributed by atoms with Crippen LogP contribution in [0.15, 0.2) is 36.5 Å². The van der Waals surface area contributed by atoms with Crippen molar-refractivity contribution >= 4 is 11.9 Å². The van der Waals surface area contributed by atoms with Crippen LogP contribution in [0.5, 0.6) is 0 Å². The third kappa shape index (κ3) is 3.66. The largest absolute Gasteiger partial charge is 0.478 e. The summed E-state index contributed by atoms with van der Waals surface area (Å²) in [6.45, 7) is 4.12. The van der Waals surface area contributed by atoms with Crippen molar-refractivity contribution in [3.05, 3.63) is 64.5 Å². The van der Waals surface area contributed by atoms with Gasteiger partial charge in [0, 0.05) is 11.8 Å². The van der Waals surface area contributed by atoms with Gasteiger partial charge in [0.2, 0.25) is 0 Å². The molecular weight excluding hydrogens is 268 g/mol. The molecule has 0 atom stereocenters. The Balaban J connectivity index is 2.05. The highest BCUT2D eigenvalue weighted by Gasteiger charge is 2.08. The zero-order chi connectivity index (χ0) is 15.4. The summed E-state index contributed by atoms with van der Waals surface area (Å²) < 4.78 is 0. The highest BCUT2D eigenvalue weighted by atomic mass is 16.4. The number of hydrogen-bond acceptors (Lipinski definition) is 3. The van der Waals surface area contributed by atoms with Gasteiger partial charge in [-0.15, -0.1) is 0 Å². The number of rotatable bonds is 4. The second-order valence-electron chi connectivity index (χ2n) is 4.82. The molecule has 0 aliphatic carbocycles. The smallest absolute Gasteiger partial charge is 0.335 e. The molecule has 0 bridgehead atoms. The van der Waals surface area contributed by atoms with E-state index in [9.17, 15) is 9.59 Å². The summed E-state index contributed by atoms with van der Waals surface area (Å²) in [5.74, 6) is -1.22. The van der Waals surface area contributed by atoms with Crippen molar-refractivity contribution in [1.29, 1.82) is 0 Å². The van der Waals surface area contributed by atoms with Crippen LogP contribution in [0.25, 0.3) is 0 Å². The van der Waals surface area contributed by atoms with E-state index < -0.39 is 5.97 Å². The van der Waals surface area contributed by atoms with Crippen LogP contribution in [0.2, 0.25) is 0 Å². The van der Waals surface area contributed by atoms with Gasteiger partial charge in [0.05, 0.1) is 17.8 Å². The summed E-state index contributed by atoms with van der Waals surface area (Å²) in [7, 11) is 0. The van der Waals surface area contributed by atoms with Crippen molar-refractivity contribution in [3.8, 4) is 0 Å². The van der Waals surface area contributed by atoms with Gasteiger partial charge in [-0.1, -0.05) is 6.07 Å². The van der Waals surface area contributed by atoms with Crippen LogP contribution in [-0.4, -0.2) is 22.0 Å². The molecule has 0 saturated carbocycles. The molecule has 2 N–H and O–H groups in total. The van der Waals surface area contributed by atoms with Gasteiger partial charge in [0.1, 0.15) is 0 Å². The maximum atomic E-state index is 12.0. The number of benzene rings is 1. The number of nitrogens with one attached hydrogen (secondary N) is 1. The molecule has 0 aliphatic rings. The number of aromatic nitrogens is 1.